The molecule has 5 aromatic heterocycles. The summed E-state index contributed by atoms with van der Waals surface area (Å²) in [5, 5.41) is 18.2. The van der Waals surface area contributed by atoms with Crippen molar-refractivity contribution in [2.45, 2.75) is 0 Å². The summed E-state index contributed by atoms with van der Waals surface area (Å²) in [6.45, 7) is 0. The van der Waals surface area contributed by atoms with Crippen LogP contribution in [-0.4, -0.2) is 13.4 Å². The van der Waals surface area contributed by atoms with Gasteiger partial charge in [-0.2, -0.15) is 0 Å². The molecule has 59 heavy (non-hydrogen) atoms. The van der Waals surface area contributed by atoms with Gasteiger partial charge in [-0.25, -0.2) is 0 Å². The third-order valence-electron chi connectivity index (χ3n) is 13.6. The Balaban J connectivity index is 1.16. The van der Waals surface area contributed by atoms with E-state index in [2.05, 4.69) is 201 Å². The van der Waals surface area contributed by atoms with E-state index in [0.29, 0.717) is 0 Å². The third-order valence-corrected chi connectivity index (χ3v) is 13.6. The highest BCUT2D eigenvalue weighted by molar-refractivity contribution is 6.41. The lowest BCUT2D eigenvalue weighted by atomic mass is 9.93. The Bertz CT molecular complexity index is 4290. The number of fused-ring (bicyclic) bond motifs is 20. The van der Waals surface area contributed by atoms with Crippen molar-refractivity contribution in [2.75, 3.05) is 0 Å². The van der Waals surface area contributed by atoms with E-state index in [0.717, 1.165) is 0 Å². The summed E-state index contributed by atoms with van der Waals surface area (Å²) in [5.41, 5.74) is 13.7. The lowest BCUT2D eigenvalue weighted by molar-refractivity contribution is 1.18. The number of hydrogen-bond donors (Lipinski definition) is 0. The van der Waals surface area contributed by atoms with E-state index < -0.39 is 0 Å². The standard InChI is InChI=1S/C56H31N3/c1-2-15-35(16-3-1)57-45-23-10-9-20-39(45)43-30-34(25-26-47(43)57)42-29-32-13-4-6-17-36(32)50-44-31-33-14-5-7-18-37(33)52-53-49(59(55(42)50)56(44)52)28-27-48-51(53)41-22-12-21-40-38-19-8-11-24-46(38)58(48)54(40)41/h1-31H. The fourth-order valence-electron chi connectivity index (χ4n) is 11.4. The first-order chi connectivity index (χ1) is 29.3. The minimum atomic E-state index is 1.17. The average molecular weight is 746 g/mol. The Hall–Kier alpha value is -7.88. The van der Waals surface area contributed by atoms with Crippen LogP contribution in [-0.2, 0) is 0 Å². The van der Waals surface area contributed by atoms with E-state index in [-0.39, 0.29) is 0 Å². The second kappa shape index (κ2) is 10.5. The Kier molecular flexibility index (Phi) is 5.41. The third kappa shape index (κ3) is 3.58. The topological polar surface area (TPSA) is 13.8 Å². The maximum absolute atomic E-state index is 2.63. The minimum absolute atomic E-state index is 1.17. The molecule has 0 unspecified atom stereocenters. The van der Waals surface area contributed by atoms with Crippen molar-refractivity contribution in [2.24, 2.45) is 0 Å². The van der Waals surface area contributed by atoms with Crippen LogP contribution >= 0.6 is 0 Å². The largest absolute Gasteiger partial charge is 0.309 e. The molecule has 15 rings (SSSR count). The van der Waals surface area contributed by atoms with Gasteiger partial charge in [0.25, 0.3) is 0 Å². The lowest BCUT2D eigenvalue weighted by Gasteiger charge is -2.12. The Morgan fingerprint density at radius 2 is 0.864 bits per heavy atom. The van der Waals surface area contributed by atoms with E-state index in [1.165, 1.54) is 136 Å². The quantitative estimate of drug-likeness (QED) is 0.167. The van der Waals surface area contributed by atoms with Crippen molar-refractivity contribution in [1.82, 2.24) is 13.4 Å². The van der Waals surface area contributed by atoms with Gasteiger partial charge in [0.05, 0.1) is 44.1 Å². The zero-order valence-electron chi connectivity index (χ0n) is 31.7. The van der Waals surface area contributed by atoms with Crippen LogP contribution in [0.2, 0.25) is 0 Å². The number of hydrogen-bond acceptors (Lipinski definition) is 0. The fourth-order valence-corrected chi connectivity index (χ4v) is 11.4. The van der Waals surface area contributed by atoms with Crippen molar-refractivity contribution in [3.8, 4) is 16.8 Å². The molecule has 0 amide bonds. The molecule has 3 nitrogen and oxygen atoms in total. The monoisotopic (exact) mass is 745 g/mol. The minimum Gasteiger partial charge on any atom is -0.309 e. The first-order valence-corrected chi connectivity index (χ1v) is 20.5. The van der Waals surface area contributed by atoms with Crippen LogP contribution < -0.4 is 0 Å². The Morgan fingerprint density at radius 1 is 0.271 bits per heavy atom. The van der Waals surface area contributed by atoms with Crippen molar-refractivity contribution >= 4 is 120 Å². The van der Waals surface area contributed by atoms with Crippen LogP contribution in [0.15, 0.2) is 188 Å². The molecule has 3 heteroatoms. The highest BCUT2D eigenvalue weighted by atomic mass is 15.0. The number of nitrogens with zero attached hydrogens (tertiary/aromatic N) is 3. The van der Waals surface area contributed by atoms with Gasteiger partial charge in [-0.3, -0.25) is 0 Å². The van der Waals surface area contributed by atoms with Crippen LogP contribution in [0.25, 0.3) is 136 Å². The van der Waals surface area contributed by atoms with Gasteiger partial charge < -0.3 is 13.4 Å². The molecule has 0 radical (unpaired) electrons. The maximum Gasteiger partial charge on any atom is 0.0627 e. The van der Waals surface area contributed by atoms with E-state index in [1.54, 1.807) is 0 Å². The SMILES string of the molecule is c1ccc(-n2c3ccccc3c3cc(-c4cc5ccccc5c5c6cc7ccccc7c7c8c9c%10cccc%11c%12ccccc%12n(c9ccc8n(c45)c67)c%11%10)ccc32)cc1. The maximum atomic E-state index is 2.63. The zero-order chi connectivity index (χ0) is 38.1. The van der Waals surface area contributed by atoms with Gasteiger partial charge in [-0.1, -0.05) is 127 Å². The predicted molar refractivity (Wildman–Crippen MR) is 251 cm³/mol. The van der Waals surface area contributed by atoms with Crippen molar-refractivity contribution in [3.63, 3.8) is 0 Å². The lowest BCUT2D eigenvalue weighted by Crippen LogP contribution is -1.93. The van der Waals surface area contributed by atoms with Crippen molar-refractivity contribution in [1.29, 1.82) is 0 Å². The van der Waals surface area contributed by atoms with Crippen LogP contribution in [0.3, 0.4) is 0 Å². The highest BCUT2D eigenvalue weighted by Gasteiger charge is 2.27. The van der Waals surface area contributed by atoms with Gasteiger partial charge >= 0.3 is 0 Å². The highest BCUT2D eigenvalue weighted by Crippen LogP contribution is 2.51. The van der Waals surface area contributed by atoms with E-state index in [9.17, 15) is 0 Å². The summed E-state index contributed by atoms with van der Waals surface area (Å²) < 4.78 is 7.56. The summed E-state index contributed by atoms with van der Waals surface area (Å²) in [7, 11) is 0. The van der Waals surface area contributed by atoms with Gasteiger partial charge in [-0.05, 0) is 87.8 Å². The second-order valence-electron chi connectivity index (χ2n) is 16.4. The molecular weight excluding hydrogens is 715 g/mol. The normalized spacial score (nSPS) is 12.7. The van der Waals surface area contributed by atoms with E-state index >= 15 is 0 Å². The van der Waals surface area contributed by atoms with E-state index in [4.69, 9.17) is 0 Å². The summed E-state index contributed by atoms with van der Waals surface area (Å²) in [5.74, 6) is 0. The van der Waals surface area contributed by atoms with Gasteiger partial charge in [0.15, 0.2) is 0 Å². The summed E-state index contributed by atoms with van der Waals surface area (Å²) >= 11 is 0. The van der Waals surface area contributed by atoms with Gasteiger partial charge in [0.2, 0.25) is 0 Å². The molecule has 270 valence electrons. The molecule has 0 aliphatic carbocycles. The molecule has 0 saturated heterocycles. The molecule has 0 aliphatic rings. The number of aromatic nitrogens is 3. The second-order valence-corrected chi connectivity index (χ2v) is 16.4. The molecule has 0 fully saturated rings. The first kappa shape index (κ1) is 30.3. The van der Waals surface area contributed by atoms with Crippen LogP contribution in [0.1, 0.15) is 0 Å². The summed E-state index contributed by atoms with van der Waals surface area (Å²) in [4.78, 5) is 0. The van der Waals surface area contributed by atoms with Crippen LogP contribution in [0, 0.1) is 0 Å². The van der Waals surface area contributed by atoms with Crippen molar-refractivity contribution in [3.05, 3.63) is 188 Å². The Labute approximate surface area is 336 Å². The molecule has 0 aliphatic heterocycles. The number of benzene rings is 10. The predicted octanol–water partition coefficient (Wildman–Crippen LogP) is 15.1. The molecule has 0 saturated carbocycles. The molecule has 0 bridgehead atoms. The number of rotatable bonds is 2. The molecule has 0 atom stereocenters. The zero-order valence-corrected chi connectivity index (χ0v) is 31.7. The molecule has 10 aromatic carbocycles. The molecule has 0 N–H and O–H groups in total. The van der Waals surface area contributed by atoms with Gasteiger partial charge in [0.1, 0.15) is 0 Å². The number of para-hydroxylation sites is 4. The summed E-state index contributed by atoms with van der Waals surface area (Å²) in [6, 6.07) is 70.2. The fraction of sp³-hybridized carbons (Fsp3) is 0. The van der Waals surface area contributed by atoms with Crippen LogP contribution in [0.4, 0.5) is 0 Å². The average Bonchev–Trinajstić information content (AvgIpc) is 4.09. The molecule has 0 spiro atoms. The van der Waals surface area contributed by atoms with Crippen molar-refractivity contribution < 1.29 is 0 Å². The smallest absolute Gasteiger partial charge is 0.0627 e. The Morgan fingerprint density at radius 3 is 1.68 bits per heavy atom. The summed E-state index contributed by atoms with van der Waals surface area (Å²) in [6.07, 6.45) is 0. The van der Waals surface area contributed by atoms with Crippen LogP contribution in [0.5, 0.6) is 0 Å². The first-order valence-electron chi connectivity index (χ1n) is 20.5. The molecule has 15 aromatic rings. The van der Waals surface area contributed by atoms with Gasteiger partial charge in [-0.15, -0.1) is 0 Å². The van der Waals surface area contributed by atoms with E-state index in [1.807, 2.05) is 0 Å². The molecular formula is C56H31N3. The molecule has 5 heterocycles. The van der Waals surface area contributed by atoms with Gasteiger partial charge in [0, 0.05) is 65.1 Å².